The standard InChI is InChI=1S/C25H26N6O/c1-17-10-11-26-22(14-17)31-24-16-23(29-18(2)30-24)27-12-13-28-25(32)15-20-8-5-7-19-6-3-4-9-21(19)20/h3-11,14,16H,12-13,15H2,1-2H3,(H,28,32)(H2,26,27,29,30,31). The van der Waals surface area contributed by atoms with Gasteiger partial charge in [-0.2, -0.15) is 0 Å². The van der Waals surface area contributed by atoms with Gasteiger partial charge in [-0.3, -0.25) is 4.79 Å². The molecule has 0 saturated heterocycles. The van der Waals surface area contributed by atoms with E-state index in [9.17, 15) is 4.79 Å². The van der Waals surface area contributed by atoms with Gasteiger partial charge in [0.2, 0.25) is 5.91 Å². The molecule has 0 aliphatic rings. The summed E-state index contributed by atoms with van der Waals surface area (Å²) < 4.78 is 0. The van der Waals surface area contributed by atoms with E-state index in [1.54, 1.807) is 6.20 Å². The third-order valence-electron chi connectivity index (χ3n) is 4.99. The Balaban J connectivity index is 1.29. The van der Waals surface area contributed by atoms with Crippen LogP contribution in [-0.2, 0) is 11.2 Å². The van der Waals surface area contributed by atoms with Crippen LogP contribution in [0.4, 0.5) is 17.5 Å². The minimum atomic E-state index is -0.00472. The molecule has 2 aromatic carbocycles. The Morgan fingerprint density at radius 1 is 0.875 bits per heavy atom. The molecular formula is C25H26N6O. The zero-order chi connectivity index (χ0) is 22.3. The summed E-state index contributed by atoms with van der Waals surface area (Å²) in [5.41, 5.74) is 2.14. The van der Waals surface area contributed by atoms with Crippen LogP contribution in [-0.4, -0.2) is 33.9 Å². The molecule has 4 aromatic rings. The molecule has 0 atom stereocenters. The van der Waals surface area contributed by atoms with Gasteiger partial charge in [-0.25, -0.2) is 15.0 Å². The lowest BCUT2D eigenvalue weighted by molar-refractivity contribution is -0.120. The van der Waals surface area contributed by atoms with Gasteiger partial charge >= 0.3 is 0 Å². The summed E-state index contributed by atoms with van der Waals surface area (Å²) in [6.07, 6.45) is 2.11. The van der Waals surface area contributed by atoms with Crippen LogP contribution >= 0.6 is 0 Å². The normalized spacial score (nSPS) is 10.7. The molecule has 0 unspecified atom stereocenters. The third-order valence-corrected chi connectivity index (χ3v) is 4.99. The number of aromatic nitrogens is 3. The summed E-state index contributed by atoms with van der Waals surface area (Å²) in [6.45, 7) is 4.90. The van der Waals surface area contributed by atoms with Crippen molar-refractivity contribution >= 4 is 34.1 Å². The van der Waals surface area contributed by atoms with Crippen molar-refractivity contribution in [2.45, 2.75) is 20.3 Å². The Morgan fingerprint density at radius 3 is 2.56 bits per heavy atom. The van der Waals surface area contributed by atoms with Crippen molar-refractivity contribution in [3.63, 3.8) is 0 Å². The van der Waals surface area contributed by atoms with E-state index in [0.29, 0.717) is 37.0 Å². The molecule has 2 heterocycles. The number of carbonyl (C=O) groups is 1. The van der Waals surface area contributed by atoms with E-state index >= 15 is 0 Å². The summed E-state index contributed by atoms with van der Waals surface area (Å²) in [4.78, 5) is 25.6. The predicted octanol–water partition coefficient (Wildman–Crippen LogP) is 4.16. The maximum Gasteiger partial charge on any atom is 0.224 e. The van der Waals surface area contributed by atoms with Crippen molar-refractivity contribution < 1.29 is 4.79 Å². The Morgan fingerprint density at radius 2 is 1.69 bits per heavy atom. The van der Waals surface area contributed by atoms with E-state index in [4.69, 9.17) is 0 Å². The van der Waals surface area contributed by atoms with Crippen LogP contribution in [0, 0.1) is 13.8 Å². The lowest BCUT2D eigenvalue weighted by atomic mass is 10.0. The Labute approximate surface area is 187 Å². The first-order chi connectivity index (χ1) is 15.6. The molecule has 3 N–H and O–H groups in total. The second kappa shape index (κ2) is 9.87. The Kier molecular flexibility index (Phi) is 6.55. The van der Waals surface area contributed by atoms with Crippen molar-refractivity contribution in [1.29, 1.82) is 0 Å². The van der Waals surface area contributed by atoms with Gasteiger partial charge in [-0.1, -0.05) is 42.5 Å². The molecule has 0 aliphatic carbocycles. The fourth-order valence-electron chi connectivity index (χ4n) is 3.53. The first-order valence-electron chi connectivity index (χ1n) is 10.6. The zero-order valence-electron chi connectivity index (χ0n) is 18.2. The van der Waals surface area contributed by atoms with Crippen molar-refractivity contribution in [3.8, 4) is 0 Å². The van der Waals surface area contributed by atoms with Gasteiger partial charge in [0.1, 0.15) is 23.3 Å². The number of rotatable bonds is 8. The van der Waals surface area contributed by atoms with Crippen molar-refractivity contribution in [2.75, 3.05) is 23.7 Å². The molecule has 0 saturated carbocycles. The number of nitrogens with one attached hydrogen (secondary N) is 3. The first kappa shape index (κ1) is 21.2. The van der Waals surface area contributed by atoms with Crippen LogP contribution < -0.4 is 16.0 Å². The van der Waals surface area contributed by atoms with Crippen molar-refractivity contribution in [2.24, 2.45) is 0 Å². The topological polar surface area (TPSA) is 91.8 Å². The molecule has 4 rings (SSSR count). The fourth-order valence-corrected chi connectivity index (χ4v) is 3.53. The quantitative estimate of drug-likeness (QED) is 0.367. The van der Waals surface area contributed by atoms with Crippen LogP contribution in [0.2, 0.25) is 0 Å². The number of fused-ring (bicyclic) bond motifs is 1. The number of hydrogen-bond acceptors (Lipinski definition) is 6. The molecule has 32 heavy (non-hydrogen) atoms. The zero-order valence-corrected chi connectivity index (χ0v) is 18.2. The first-order valence-corrected chi connectivity index (χ1v) is 10.6. The molecule has 7 nitrogen and oxygen atoms in total. The summed E-state index contributed by atoms with van der Waals surface area (Å²) in [5, 5.41) is 11.7. The fraction of sp³-hybridized carbons (Fsp3) is 0.200. The molecular weight excluding hydrogens is 400 g/mol. The molecule has 0 aliphatic heterocycles. The number of anilines is 3. The number of hydrogen-bond donors (Lipinski definition) is 3. The number of aryl methyl sites for hydroxylation is 2. The van der Waals surface area contributed by atoms with Gasteiger partial charge in [0.05, 0.1) is 6.42 Å². The minimum Gasteiger partial charge on any atom is -0.368 e. The molecule has 0 fully saturated rings. The summed E-state index contributed by atoms with van der Waals surface area (Å²) in [5.74, 6) is 2.73. The highest BCUT2D eigenvalue weighted by Crippen LogP contribution is 2.19. The van der Waals surface area contributed by atoms with Crippen LogP contribution in [0.25, 0.3) is 10.8 Å². The van der Waals surface area contributed by atoms with Gasteiger partial charge in [-0.05, 0) is 47.9 Å². The van der Waals surface area contributed by atoms with Gasteiger partial charge in [0, 0.05) is 25.4 Å². The summed E-state index contributed by atoms with van der Waals surface area (Å²) in [7, 11) is 0. The van der Waals surface area contributed by atoms with E-state index in [1.165, 1.54) is 0 Å². The van der Waals surface area contributed by atoms with Gasteiger partial charge < -0.3 is 16.0 Å². The molecule has 1 amide bonds. The van der Waals surface area contributed by atoms with E-state index in [0.717, 1.165) is 27.7 Å². The SMILES string of the molecule is Cc1ccnc(Nc2cc(NCCNC(=O)Cc3cccc4ccccc34)nc(C)n2)c1. The van der Waals surface area contributed by atoms with E-state index in [1.807, 2.05) is 56.3 Å². The largest absolute Gasteiger partial charge is 0.368 e. The molecule has 2 aromatic heterocycles. The van der Waals surface area contributed by atoms with Crippen LogP contribution in [0.5, 0.6) is 0 Å². The van der Waals surface area contributed by atoms with Crippen molar-refractivity contribution in [3.05, 3.63) is 83.8 Å². The predicted molar refractivity (Wildman–Crippen MR) is 128 cm³/mol. The monoisotopic (exact) mass is 426 g/mol. The van der Waals surface area contributed by atoms with Crippen LogP contribution in [0.1, 0.15) is 17.0 Å². The van der Waals surface area contributed by atoms with Gasteiger partial charge in [0.15, 0.2) is 0 Å². The van der Waals surface area contributed by atoms with Crippen LogP contribution in [0.15, 0.2) is 66.9 Å². The molecule has 162 valence electrons. The van der Waals surface area contributed by atoms with Crippen molar-refractivity contribution in [1.82, 2.24) is 20.3 Å². The van der Waals surface area contributed by atoms with Crippen LogP contribution in [0.3, 0.4) is 0 Å². The molecule has 0 radical (unpaired) electrons. The van der Waals surface area contributed by atoms with Gasteiger partial charge in [-0.15, -0.1) is 0 Å². The smallest absolute Gasteiger partial charge is 0.224 e. The third kappa shape index (κ3) is 5.57. The van der Waals surface area contributed by atoms with E-state index in [2.05, 4.69) is 49.1 Å². The molecule has 7 heteroatoms. The lowest BCUT2D eigenvalue weighted by Gasteiger charge is -2.11. The van der Waals surface area contributed by atoms with E-state index < -0.39 is 0 Å². The average Bonchev–Trinajstić information content (AvgIpc) is 2.77. The number of nitrogens with zero attached hydrogens (tertiary/aromatic N) is 3. The van der Waals surface area contributed by atoms with Gasteiger partial charge in [0.25, 0.3) is 0 Å². The highest BCUT2D eigenvalue weighted by atomic mass is 16.1. The number of benzene rings is 2. The highest BCUT2D eigenvalue weighted by Gasteiger charge is 2.07. The number of pyridine rings is 1. The number of amides is 1. The maximum atomic E-state index is 12.4. The Bertz CT molecular complexity index is 1230. The highest BCUT2D eigenvalue weighted by molar-refractivity contribution is 5.90. The average molecular weight is 427 g/mol. The maximum absolute atomic E-state index is 12.4. The molecule has 0 bridgehead atoms. The number of carbonyl (C=O) groups excluding carboxylic acids is 1. The second-order valence-corrected chi connectivity index (χ2v) is 7.62. The lowest BCUT2D eigenvalue weighted by Crippen LogP contribution is -2.30. The summed E-state index contributed by atoms with van der Waals surface area (Å²) >= 11 is 0. The minimum absolute atomic E-state index is 0.00472. The Hall–Kier alpha value is -4.00. The summed E-state index contributed by atoms with van der Waals surface area (Å²) in [6, 6.07) is 19.9. The van der Waals surface area contributed by atoms with E-state index in [-0.39, 0.29) is 5.91 Å². The second-order valence-electron chi connectivity index (χ2n) is 7.62. The molecule has 0 spiro atoms.